The fourth-order valence-corrected chi connectivity index (χ4v) is 6.72. The van der Waals surface area contributed by atoms with Gasteiger partial charge in [-0.15, -0.1) is 22.7 Å². The smallest absolute Gasteiger partial charge is 0.407 e. The van der Waals surface area contributed by atoms with E-state index in [0.717, 1.165) is 26.7 Å². The van der Waals surface area contributed by atoms with Gasteiger partial charge in [0.2, 0.25) is 5.91 Å². The molecule has 4 rings (SSSR count). The maximum absolute atomic E-state index is 13.9. The monoisotopic (exact) mass is 720 g/mol. The summed E-state index contributed by atoms with van der Waals surface area (Å²) >= 11 is 2.95. The zero-order chi connectivity index (χ0) is 36.0. The first-order valence-electron chi connectivity index (χ1n) is 16.8. The zero-order valence-electron chi connectivity index (χ0n) is 29.2. The van der Waals surface area contributed by atoms with Gasteiger partial charge in [-0.1, -0.05) is 88.4 Å². The van der Waals surface area contributed by atoms with Crippen molar-refractivity contribution >= 4 is 40.7 Å². The van der Waals surface area contributed by atoms with Gasteiger partial charge < -0.3 is 30.7 Å². The predicted molar refractivity (Wildman–Crippen MR) is 197 cm³/mol. The topological polar surface area (TPSA) is 146 Å². The molecule has 50 heavy (non-hydrogen) atoms. The third-order valence-corrected chi connectivity index (χ3v) is 10.1. The fourth-order valence-electron chi connectivity index (χ4n) is 5.39. The zero-order valence-corrected chi connectivity index (χ0v) is 30.9. The minimum Gasteiger partial charge on any atom is -0.444 e. The van der Waals surface area contributed by atoms with Crippen molar-refractivity contribution in [3.8, 4) is 0 Å². The van der Waals surface area contributed by atoms with Crippen molar-refractivity contribution in [1.82, 2.24) is 30.8 Å². The lowest BCUT2D eigenvalue weighted by Gasteiger charge is -2.30. The van der Waals surface area contributed by atoms with Crippen LogP contribution in [0.1, 0.15) is 66.7 Å². The van der Waals surface area contributed by atoms with Gasteiger partial charge in [0.1, 0.15) is 12.6 Å². The molecule has 268 valence electrons. The molecule has 2 aromatic heterocycles. The average molecular weight is 721 g/mol. The Labute approximate surface area is 302 Å². The fraction of sp³-hybridized carbons (Fsp3) is 0.432. The van der Waals surface area contributed by atoms with Crippen LogP contribution in [0.4, 0.5) is 9.59 Å². The standard InChI is InChI=1S/C37H48N6O5S2/c1-24(2)33(42-36(46)43(5)20-29-22-49-35(40-29)25(3)4)34(45)39-28(16-26-12-8-6-9-13-26)18-32(44)31(17-27-14-10-7-11-15-27)41-37(47)48-21-30-19-38-23-50-30/h6-15,19,22-25,28,31-33,44H,16-18,20-21H2,1-5H3,(H,39,45)(H,41,47)(H,42,46)/t28-,31-,32-,33+/m0/s1. The van der Waals surface area contributed by atoms with Crippen LogP contribution in [-0.2, 0) is 35.5 Å². The van der Waals surface area contributed by atoms with Crippen LogP contribution in [0.25, 0.3) is 0 Å². The van der Waals surface area contributed by atoms with Crippen LogP contribution in [-0.4, -0.2) is 69.3 Å². The summed E-state index contributed by atoms with van der Waals surface area (Å²) in [4.78, 5) is 51.0. The van der Waals surface area contributed by atoms with E-state index in [0.29, 0.717) is 25.3 Å². The lowest BCUT2D eigenvalue weighted by molar-refractivity contribution is -0.124. The third-order valence-electron chi connectivity index (χ3n) is 8.13. The Hall–Kier alpha value is -4.33. The van der Waals surface area contributed by atoms with Gasteiger partial charge in [-0.05, 0) is 36.3 Å². The number of amides is 4. The molecule has 0 unspecified atom stereocenters. The number of urea groups is 1. The molecule has 0 saturated carbocycles. The molecule has 0 aliphatic heterocycles. The number of aromatic nitrogens is 2. The highest BCUT2D eigenvalue weighted by Gasteiger charge is 2.31. The number of rotatable bonds is 17. The Bertz CT molecular complexity index is 1620. The van der Waals surface area contributed by atoms with E-state index in [1.54, 1.807) is 30.1 Å². The molecule has 4 N–H and O–H groups in total. The van der Waals surface area contributed by atoms with E-state index in [2.05, 4.69) is 39.8 Å². The van der Waals surface area contributed by atoms with Crippen LogP contribution in [0.3, 0.4) is 0 Å². The number of carbonyl (C=O) groups is 3. The van der Waals surface area contributed by atoms with Gasteiger partial charge in [0, 0.05) is 30.6 Å². The number of hydrogen-bond donors (Lipinski definition) is 4. The molecule has 0 bridgehead atoms. The highest BCUT2D eigenvalue weighted by atomic mass is 32.1. The van der Waals surface area contributed by atoms with Crippen molar-refractivity contribution < 1.29 is 24.2 Å². The number of thiazole rings is 2. The number of carbonyl (C=O) groups excluding carboxylic acids is 3. The molecule has 0 fully saturated rings. The third kappa shape index (κ3) is 12.2. The number of nitrogens with one attached hydrogen (secondary N) is 3. The summed E-state index contributed by atoms with van der Waals surface area (Å²) in [6, 6.07) is 16.8. The van der Waals surface area contributed by atoms with E-state index in [9.17, 15) is 19.5 Å². The van der Waals surface area contributed by atoms with Gasteiger partial charge in [0.15, 0.2) is 0 Å². The second kappa shape index (κ2) is 19.2. The number of alkyl carbamates (subject to hydrolysis) is 1. The molecular formula is C37H48N6O5S2. The molecule has 11 nitrogen and oxygen atoms in total. The Morgan fingerprint density at radius 3 is 2.14 bits per heavy atom. The predicted octanol–water partition coefficient (Wildman–Crippen LogP) is 5.91. The number of nitrogens with zero attached hydrogens (tertiary/aromatic N) is 3. The largest absolute Gasteiger partial charge is 0.444 e. The van der Waals surface area contributed by atoms with E-state index in [4.69, 9.17) is 4.74 Å². The SMILES string of the molecule is CC(C)c1nc(CN(C)C(=O)N[C@@H](C(=O)N[C@@H](Cc2ccccc2)C[C@H](O)[C@H](Cc2ccccc2)NC(=O)OCc2cncs2)C(C)C)cs1. The minimum atomic E-state index is -1.05. The van der Waals surface area contributed by atoms with E-state index in [1.807, 2.05) is 79.9 Å². The summed E-state index contributed by atoms with van der Waals surface area (Å²) in [6.45, 7) is 8.28. The van der Waals surface area contributed by atoms with Crippen molar-refractivity contribution in [3.05, 3.63) is 104 Å². The van der Waals surface area contributed by atoms with Gasteiger partial charge in [-0.3, -0.25) is 9.78 Å². The molecule has 2 aromatic carbocycles. The van der Waals surface area contributed by atoms with Gasteiger partial charge in [0.05, 0.1) is 39.8 Å². The van der Waals surface area contributed by atoms with Crippen LogP contribution in [0, 0.1) is 5.92 Å². The number of ether oxygens (including phenoxy) is 1. The van der Waals surface area contributed by atoms with Crippen LogP contribution in [0.15, 0.2) is 77.8 Å². The molecule has 0 spiro atoms. The van der Waals surface area contributed by atoms with Crippen LogP contribution < -0.4 is 16.0 Å². The Morgan fingerprint density at radius 1 is 0.900 bits per heavy atom. The number of aliphatic hydroxyl groups excluding tert-OH is 1. The van der Waals surface area contributed by atoms with Gasteiger partial charge in [0.25, 0.3) is 0 Å². The highest BCUT2D eigenvalue weighted by Crippen LogP contribution is 2.20. The average Bonchev–Trinajstić information content (AvgIpc) is 3.79. The summed E-state index contributed by atoms with van der Waals surface area (Å²) in [6.07, 6.45) is 0.836. The Balaban J connectivity index is 1.46. The summed E-state index contributed by atoms with van der Waals surface area (Å²) in [7, 11) is 1.68. The van der Waals surface area contributed by atoms with Gasteiger partial charge in [-0.25, -0.2) is 14.6 Å². The first-order chi connectivity index (χ1) is 24.0. The molecule has 4 amide bonds. The molecule has 13 heteroatoms. The maximum Gasteiger partial charge on any atom is 0.407 e. The van der Waals surface area contributed by atoms with Crippen LogP contribution in [0.5, 0.6) is 0 Å². The first-order valence-corrected chi connectivity index (χ1v) is 18.6. The lowest BCUT2D eigenvalue weighted by Crippen LogP contribution is -2.55. The molecule has 0 radical (unpaired) electrons. The number of hydrogen-bond acceptors (Lipinski definition) is 9. The molecule has 4 aromatic rings. The van der Waals surface area contributed by atoms with Crippen molar-refractivity contribution in [1.29, 1.82) is 0 Å². The lowest BCUT2D eigenvalue weighted by atomic mass is 9.93. The molecule has 0 aliphatic carbocycles. The van der Waals surface area contributed by atoms with Gasteiger partial charge in [-0.2, -0.15) is 0 Å². The minimum absolute atomic E-state index is 0.0671. The second-order valence-electron chi connectivity index (χ2n) is 13.0. The van der Waals surface area contributed by atoms with Crippen molar-refractivity contribution in [2.24, 2.45) is 5.92 Å². The maximum atomic E-state index is 13.9. The second-order valence-corrected chi connectivity index (χ2v) is 14.9. The molecule has 0 saturated heterocycles. The molecular weight excluding hydrogens is 673 g/mol. The van der Waals surface area contributed by atoms with E-state index in [1.165, 1.54) is 16.2 Å². The molecule has 2 heterocycles. The summed E-state index contributed by atoms with van der Waals surface area (Å²) in [5, 5.41) is 23.5. The first kappa shape index (κ1) is 38.5. The molecule has 4 atom stereocenters. The summed E-state index contributed by atoms with van der Waals surface area (Å²) in [5.74, 6) is -0.277. The van der Waals surface area contributed by atoms with Gasteiger partial charge >= 0.3 is 12.1 Å². The number of benzene rings is 2. The quantitative estimate of drug-likeness (QED) is 0.106. The normalized spacial score (nSPS) is 13.7. The Kier molecular flexibility index (Phi) is 14.7. The van der Waals surface area contributed by atoms with E-state index < -0.39 is 30.3 Å². The van der Waals surface area contributed by atoms with Crippen LogP contribution in [0.2, 0.25) is 0 Å². The van der Waals surface area contributed by atoms with Crippen molar-refractivity contribution in [2.45, 2.75) is 90.3 Å². The Morgan fingerprint density at radius 2 is 1.56 bits per heavy atom. The van der Waals surface area contributed by atoms with Crippen molar-refractivity contribution in [2.75, 3.05) is 7.05 Å². The highest BCUT2D eigenvalue weighted by molar-refractivity contribution is 7.09. The number of aliphatic hydroxyl groups is 1. The van der Waals surface area contributed by atoms with E-state index in [-0.39, 0.29) is 30.9 Å². The summed E-state index contributed by atoms with van der Waals surface area (Å²) in [5.41, 5.74) is 4.35. The van der Waals surface area contributed by atoms with E-state index >= 15 is 0 Å². The van der Waals surface area contributed by atoms with Crippen LogP contribution >= 0.6 is 22.7 Å². The molecule has 0 aliphatic rings. The van der Waals surface area contributed by atoms with Crippen molar-refractivity contribution in [3.63, 3.8) is 0 Å². The summed E-state index contributed by atoms with van der Waals surface area (Å²) < 4.78 is 5.42.